The topological polar surface area (TPSA) is 51.5 Å². The molecule has 0 aliphatic heterocycles. The lowest BCUT2D eigenvalue weighted by Crippen LogP contribution is -2.08. The third-order valence-electron chi connectivity index (χ3n) is 5.50. The van der Waals surface area contributed by atoms with E-state index in [-0.39, 0.29) is 5.91 Å². The Kier molecular flexibility index (Phi) is 5.37. The van der Waals surface area contributed by atoms with Gasteiger partial charge in [-0.3, -0.25) is 4.79 Å². The molecular weight excluding hydrogens is 386 g/mol. The number of carbonyl (C=O) groups excluding carboxylic acids is 1. The molecule has 1 amide bonds. The van der Waals surface area contributed by atoms with Crippen molar-refractivity contribution >= 4 is 39.7 Å². The fraction of sp³-hybridized carbons (Fsp3) is 0.292. The van der Waals surface area contributed by atoms with Crippen molar-refractivity contribution in [2.75, 3.05) is 12.4 Å². The van der Waals surface area contributed by atoms with E-state index in [0.717, 1.165) is 52.0 Å². The Balaban J connectivity index is 1.73. The van der Waals surface area contributed by atoms with Crippen molar-refractivity contribution in [1.29, 1.82) is 0 Å². The van der Waals surface area contributed by atoms with Gasteiger partial charge in [0.15, 0.2) is 0 Å². The number of rotatable bonds is 4. The molecule has 150 valence electrons. The van der Waals surface area contributed by atoms with Crippen LogP contribution in [0.25, 0.3) is 16.5 Å². The van der Waals surface area contributed by atoms with Crippen molar-refractivity contribution in [1.82, 2.24) is 0 Å². The van der Waals surface area contributed by atoms with Crippen LogP contribution in [-0.2, 0) is 17.6 Å². The maximum absolute atomic E-state index is 12.5. The highest BCUT2D eigenvalue weighted by molar-refractivity contribution is 6.31. The van der Waals surface area contributed by atoms with Gasteiger partial charge in [-0.15, -0.1) is 0 Å². The van der Waals surface area contributed by atoms with E-state index in [4.69, 9.17) is 20.8 Å². The van der Waals surface area contributed by atoms with Gasteiger partial charge in [0.05, 0.1) is 7.11 Å². The van der Waals surface area contributed by atoms with Gasteiger partial charge in [0.25, 0.3) is 0 Å². The SMILES string of the molecule is COc1c(/C(C)=C/C(=O)Nc2cccc(Cl)c2)cc2c3c(oc2c1C)CCCC3. The molecule has 0 bridgehead atoms. The van der Waals surface area contributed by atoms with Crippen LogP contribution in [0.2, 0.25) is 5.02 Å². The van der Waals surface area contributed by atoms with E-state index in [1.165, 1.54) is 18.4 Å². The minimum Gasteiger partial charge on any atom is -0.496 e. The molecule has 29 heavy (non-hydrogen) atoms. The van der Waals surface area contributed by atoms with Gasteiger partial charge in [0.2, 0.25) is 5.91 Å². The van der Waals surface area contributed by atoms with E-state index in [1.807, 2.05) is 19.9 Å². The number of amides is 1. The Morgan fingerprint density at radius 3 is 2.79 bits per heavy atom. The fourth-order valence-corrected chi connectivity index (χ4v) is 4.30. The standard InChI is InChI=1S/C24H24ClNO3/c1-14(11-22(27)26-17-8-6-7-16(25)12-17)19-13-20-18-9-4-5-10-21(18)29-24(20)15(2)23(19)28-3/h6-8,11-13H,4-5,9-10H2,1-3H3,(H,26,27)/b14-11+. The van der Waals surface area contributed by atoms with E-state index >= 15 is 0 Å². The van der Waals surface area contributed by atoms with Gasteiger partial charge in [-0.2, -0.15) is 0 Å². The number of anilines is 1. The molecule has 4 nitrogen and oxygen atoms in total. The zero-order valence-corrected chi connectivity index (χ0v) is 17.7. The van der Waals surface area contributed by atoms with Gasteiger partial charge in [-0.25, -0.2) is 0 Å². The lowest BCUT2D eigenvalue weighted by molar-refractivity contribution is -0.111. The lowest BCUT2D eigenvalue weighted by Gasteiger charge is -2.13. The summed E-state index contributed by atoms with van der Waals surface area (Å²) in [7, 11) is 1.65. The first-order valence-electron chi connectivity index (χ1n) is 9.85. The smallest absolute Gasteiger partial charge is 0.248 e. The van der Waals surface area contributed by atoms with Crippen LogP contribution in [0.3, 0.4) is 0 Å². The van der Waals surface area contributed by atoms with Crippen LogP contribution >= 0.6 is 11.6 Å². The number of hydrogen-bond acceptors (Lipinski definition) is 3. The monoisotopic (exact) mass is 409 g/mol. The van der Waals surface area contributed by atoms with Crippen LogP contribution in [-0.4, -0.2) is 13.0 Å². The van der Waals surface area contributed by atoms with Crippen LogP contribution in [0.5, 0.6) is 5.75 Å². The Morgan fingerprint density at radius 2 is 2.03 bits per heavy atom. The van der Waals surface area contributed by atoms with E-state index in [0.29, 0.717) is 10.7 Å². The number of benzene rings is 2. The Labute approximate surface area is 175 Å². The summed E-state index contributed by atoms with van der Waals surface area (Å²) in [6, 6.07) is 9.20. The van der Waals surface area contributed by atoms with E-state index < -0.39 is 0 Å². The zero-order valence-electron chi connectivity index (χ0n) is 16.9. The number of furan rings is 1. The highest BCUT2D eigenvalue weighted by Gasteiger charge is 2.23. The van der Waals surface area contributed by atoms with Crippen LogP contribution < -0.4 is 10.1 Å². The summed E-state index contributed by atoms with van der Waals surface area (Å²) < 4.78 is 11.9. The van der Waals surface area contributed by atoms with E-state index in [1.54, 1.807) is 31.4 Å². The van der Waals surface area contributed by atoms with Crippen molar-refractivity contribution in [2.24, 2.45) is 0 Å². The van der Waals surface area contributed by atoms with Gasteiger partial charge < -0.3 is 14.5 Å². The molecule has 1 aliphatic carbocycles. The van der Waals surface area contributed by atoms with E-state index in [2.05, 4.69) is 11.4 Å². The van der Waals surface area contributed by atoms with Gasteiger partial charge in [0, 0.05) is 45.3 Å². The molecule has 1 aromatic heterocycles. The molecule has 5 heteroatoms. The van der Waals surface area contributed by atoms with Gasteiger partial charge in [-0.05, 0) is 62.9 Å². The first kappa shape index (κ1) is 19.6. The number of allylic oxidation sites excluding steroid dienone is 1. The van der Waals surface area contributed by atoms with Gasteiger partial charge in [-0.1, -0.05) is 17.7 Å². The molecule has 1 N–H and O–H groups in total. The largest absolute Gasteiger partial charge is 0.496 e. The maximum atomic E-state index is 12.5. The number of hydrogen-bond donors (Lipinski definition) is 1. The van der Waals surface area contributed by atoms with Crippen LogP contribution in [0.1, 0.15) is 42.2 Å². The van der Waals surface area contributed by atoms with Crippen LogP contribution in [0.4, 0.5) is 5.69 Å². The normalized spacial score (nSPS) is 14.0. The number of nitrogens with one attached hydrogen (secondary N) is 1. The molecule has 1 aliphatic rings. The molecule has 2 aromatic carbocycles. The lowest BCUT2D eigenvalue weighted by atomic mass is 9.93. The number of halogens is 1. The highest BCUT2D eigenvalue weighted by Crippen LogP contribution is 2.41. The van der Waals surface area contributed by atoms with Crippen LogP contribution in [0, 0.1) is 6.92 Å². The summed E-state index contributed by atoms with van der Waals surface area (Å²) in [5.41, 5.74) is 5.57. The van der Waals surface area contributed by atoms with Crippen molar-refractivity contribution in [2.45, 2.75) is 39.5 Å². The predicted molar refractivity (Wildman–Crippen MR) is 118 cm³/mol. The summed E-state index contributed by atoms with van der Waals surface area (Å²) in [4.78, 5) is 12.5. The minimum absolute atomic E-state index is 0.209. The van der Waals surface area contributed by atoms with Gasteiger partial charge in [0.1, 0.15) is 17.1 Å². The number of fused-ring (bicyclic) bond motifs is 3. The number of methoxy groups -OCH3 is 1. The molecule has 0 saturated heterocycles. The molecule has 0 unspecified atom stereocenters. The first-order chi connectivity index (χ1) is 14.0. The highest BCUT2D eigenvalue weighted by atomic mass is 35.5. The Hall–Kier alpha value is -2.72. The predicted octanol–water partition coefficient (Wildman–Crippen LogP) is 6.32. The first-order valence-corrected chi connectivity index (χ1v) is 10.2. The molecule has 3 aromatic rings. The number of carbonyl (C=O) groups is 1. The summed E-state index contributed by atoms with van der Waals surface area (Å²) >= 11 is 6.00. The molecule has 4 rings (SSSR count). The quantitative estimate of drug-likeness (QED) is 0.512. The van der Waals surface area contributed by atoms with Gasteiger partial charge >= 0.3 is 0 Å². The summed E-state index contributed by atoms with van der Waals surface area (Å²) in [5.74, 6) is 1.63. The molecule has 0 spiro atoms. The second-order valence-electron chi connectivity index (χ2n) is 7.50. The molecule has 0 radical (unpaired) electrons. The second-order valence-corrected chi connectivity index (χ2v) is 7.93. The average molecular weight is 410 g/mol. The Morgan fingerprint density at radius 1 is 1.24 bits per heavy atom. The summed E-state index contributed by atoms with van der Waals surface area (Å²) in [5, 5.41) is 4.57. The zero-order chi connectivity index (χ0) is 20.5. The second kappa shape index (κ2) is 7.96. The van der Waals surface area contributed by atoms with E-state index in [9.17, 15) is 4.79 Å². The molecule has 0 saturated carbocycles. The number of ether oxygens (including phenoxy) is 1. The summed E-state index contributed by atoms with van der Waals surface area (Å²) in [6.07, 6.45) is 5.96. The summed E-state index contributed by atoms with van der Waals surface area (Å²) in [6.45, 7) is 3.94. The number of aryl methyl sites for hydroxylation is 3. The third kappa shape index (κ3) is 3.77. The third-order valence-corrected chi connectivity index (χ3v) is 5.73. The van der Waals surface area contributed by atoms with Crippen molar-refractivity contribution < 1.29 is 13.9 Å². The van der Waals surface area contributed by atoms with Crippen molar-refractivity contribution in [3.63, 3.8) is 0 Å². The molecule has 0 atom stereocenters. The van der Waals surface area contributed by atoms with Crippen molar-refractivity contribution in [3.8, 4) is 5.75 Å². The average Bonchev–Trinajstić information content (AvgIpc) is 3.07. The molecule has 0 fully saturated rings. The van der Waals surface area contributed by atoms with Crippen molar-refractivity contribution in [3.05, 3.63) is 63.9 Å². The Bertz CT molecular complexity index is 1130. The fourth-order valence-electron chi connectivity index (χ4n) is 4.11. The molecule has 1 heterocycles. The minimum atomic E-state index is -0.209. The maximum Gasteiger partial charge on any atom is 0.248 e. The molecular formula is C24H24ClNO3. The van der Waals surface area contributed by atoms with Crippen LogP contribution in [0.15, 0.2) is 40.8 Å².